The first-order chi connectivity index (χ1) is 16.4. The molecule has 0 bridgehead atoms. The molecule has 0 aliphatic rings. The van der Waals surface area contributed by atoms with Crippen LogP contribution in [0.5, 0.6) is 0 Å². The highest BCUT2D eigenvalue weighted by molar-refractivity contribution is 7.99. The lowest BCUT2D eigenvalue weighted by atomic mass is 10.2. The van der Waals surface area contributed by atoms with Gasteiger partial charge in [-0.3, -0.25) is 18.8 Å². The lowest BCUT2D eigenvalue weighted by molar-refractivity contribution is -0.113. The van der Waals surface area contributed by atoms with Gasteiger partial charge in [-0.2, -0.15) is 0 Å². The zero-order chi connectivity index (χ0) is 24.2. The Bertz CT molecular complexity index is 1390. The molecule has 4 aromatic rings. The van der Waals surface area contributed by atoms with Crippen molar-refractivity contribution in [3.63, 3.8) is 0 Å². The highest BCUT2D eigenvalue weighted by Crippen LogP contribution is 2.25. The normalized spacial score (nSPS) is 10.9. The smallest absolute Gasteiger partial charge is 0.295 e. The van der Waals surface area contributed by atoms with Crippen molar-refractivity contribution in [2.24, 2.45) is 7.05 Å². The number of aromatic nitrogens is 5. The van der Waals surface area contributed by atoms with E-state index in [0.717, 1.165) is 11.3 Å². The van der Waals surface area contributed by atoms with Crippen LogP contribution in [0.3, 0.4) is 0 Å². The van der Waals surface area contributed by atoms with E-state index in [1.54, 1.807) is 36.9 Å². The summed E-state index contributed by atoms with van der Waals surface area (Å²) in [6.45, 7) is 6.08. The minimum atomic E-state index is -0.308. The van der Waals surface area contributed by atoms with Crippen LogP contribution in [0.1, 0.15) is 5.69 Å². The molecule has 4 rings (SSSR count). The van der Waals surface area contributed by atoms with Crippen LogP contribution in [-0.4, -0.2) is 35.8 Å². The van der Waals surface area contributed by atoms with Crippen molar-refractivity contribution in [3.05, 3.63) is 88.3 Å². The molecule has 10 heteroatoms. The molecule has 0 atom stereocenters. The molecule has 2 heterocycles. The number of anilines is 1. The van der Waals surface area contributed by atoms with Gasteiger partial charge in [0.2, 0.25) is 5.91 Å². The Morgan fingerprint density at radius 2 is 1.85 bits per heavy atom. The minimum absolute atomic E-state index is 0.0645. The fourth-order valence-electron chi connectivity index (χ4n) is 3.52. The van der Waals surface area contributed by atoms with Crippen molar-refractivity contribution in [1.82, 2.24) is 24.1 Å². The highest BCUT2D eigenvalue weighted by Gasteiger charge is 2.19. The van der Waals surface area contributed by atoms with E-state index in [1.165, 1.54) is 16.4 Å². The SMILES string of the molecule is C=CCn1c(SCC(=O)Nc2c(C)n(C)n(-c3ccccc3)c2=O)nnc1-c1ccc(Cl)cc1. The summed E-state index contributed by atoms with van der Waals surface area (Å²) in [6.07, 6.45) is 1.74. The Morgan fingerprint density at radius 3 is 2.53 bits per heavy atom. The van der Waals surface area contributed by atoms with E-state index in [0.29, 0.717) is 28.2 Å². The van der Waals surface area contributed by atoms with Crippen LogP contribution in [0.25, 0.3) is 17.1 Å². The Hall–Kier alpha value is -3.56. The molecular weight excluding hydrogens is 472 g/mol. The molecule has 1 N–H and O–H groups in total. The predicted molar refractivity (Wildman–Crippen MR) is 136 cm³/mol. The number of carbonyl (C=O) groups is 1. The molecule has 0 saturated carbocycles. The molecular formula is C24H23ClN6O2S. The Balaban J connectivity index is 1.52. The number of rotatable bonds is 8. The first kappa shape index (κ1) is 23.6. The molecule has 34 heavy (non-hydrogen) atoms. The van der Waals surface area contributed by atoms with Crippen LogP contribution in [0, 0.1) is 6.92 Å². The van der Waals surface area contributed by atoms with Gasteiger partial charge < -0.3 is 5.32 Å². The molecule has 1 amide bonds. The van der Waals surface area contributed by atoms with Gasteiger partial charge in [0.25, 0.3) is 5.56 Å². The third-order valence-electron chi connectivity index (χ3n) is 5.28. The number of thioether (sulfide) groups is 1. The van der Waals surface area contributed by atoms with Crippen molar-refractivity contribution in [3.8, 4) is 17.1 Å². The minimum Gasteiger partial charge on any atom is -0.319 e. The molecule has 0 saturated heterocycles. The summed E-state index contributed by atoms with van der Waals surface area (Å²) in [5.74, 6) is 0.413. The molecule has 0 unspecified atom stereocenters. The standard InChI is InChI=1S/C24H23ClN6O2S/c1-4-14-30-22(17-10-12-18(25)13-11-17)27-28-24(30)34-15-20(32)26-21-16(2)29(3)31(23(21)33)19-8-6-5-7-9-19/h4-13H,1,14-15H2,2-3H3,(H,26,32). The molecule has 0 spiro atoms. The highest BCUT2D eigenvalue weighted by atomic mass is 35.5. The number of nitrogens with one attached hydrogen (secondary N) is 1. The predicted octanol–water partition coefficient (Wildman–Crippen LogP) is 4.31. The molecule has 174 valence electrons. The number of halogens is 1. The summed E-state index contributed by atoms with van der Waals surface area (Å²) in [4.78, 5) is 25.8. The van der Waals surface area contributed by atoms with Crippen LogP contribution in [0.15, 0.2) is 77.2 Å². The van der Waals surface area contributed by atoms with Crippen LogP contribution in [0.4, 0.5) is 5.69 Å². The van der Waals surface area contributed by atoms with Crippen LogP contribution in [0.2, 0.25) is 5.02 Å². The van der Waals surface area contributed by atoms with E-state index < -0.39 is 0 Å². The monoisotopic (exact) mass is 494 g/mol. The van der Waals surface area contributed by atoms with Gasteiger partial charge >= 0.3 is 0 Å². The summed E-state index contributed by atoms with van der Waals surface area (Å²) in [6, 6.07) is 16.6. The van der Waals surface area contributed by atoms with Gasteiger partial charge in [-0.15, -0.1) is 16.8 Å². The zero-order valence-corrected chi connectivity index (χ0v) is 20.3. The second-order valence-electron chi connectivity index (χ2n) is 7.49. The quantitative estimate of drug-likeness (QED) is 0.291. The number of amides is 1. The van der Waals surface area contributed by atoms with Gasteiger partial charge in [-0.25, -0.2) is 4.68 Å². The number of hydrogen-bond acceptors (Lipinski definition) is 5. The third kappa shape index (κ3) is 4.71. The summed E-state index contributed by atoms with van der Waals surface area (Å²) < 4.78 is 5.13. The van der Waals surface area contributed by atoms with Gasteiger partial charge in [0.05, 0.1) is 17.1 Å². The Labute approximate surface area is 205 Å². The number of hydrogen-bond donors (Lipinski definition) is 1. The van der Waals surface area contributed by atoms with Crippen molar-refractivity contribution in [1.29, 1.82) is 0 Å². The summed E-state index contributed by atoms with van der Waals surface area (Å²) in [7, 11) is 1.78. The largest absolute Gasteiger partial charge is 0.319 e. The second-order valence-corrected chi connectivity index (χ2v) is 8.86. The second kappa shape index (κ2) is 10.1. The maximum Gasteiger partial charge on any atom is 0.295 e. The third-order valence-corrected chi connectivity index (χ3v) is 6.50. The van der Waals surface area contributed by atoms with Crippen molar-refractivity contribution in [2.75, 3.05) is 11.1 Å². The first-order valence-electron chi connectivity index (χ1n) is 10.5. The molecule has 2 aromatic heterocycles. The summed E-state index contributed by atoms with van der Waals surface area (Å²) in [5.41, 5.74) is 2.21. The Kier molecular flexibility index (Phi) is 7.04. The number of para-hydroxylation sites is 1. The van der Waals surface area contributed by atoms with Crippen molar-refractivity contribution >= 4 is 35.0 Å². The van der Waals surface area contributed by atoms with Crippen molar-refractivity contribution in [2.45, 2.75) is 18.6 Å². The lowest BCUT2D eigenvalue weighted by Crippen LogP contribution is -2.23. The van der Waals surface area contributed by atoms with Crippen LogP contribution in [-0.2, 0) is 18.4 Å². The molecule has 0 radical (unpaired) electrons. The fourth-order valence-corrected chi connectivity index (χ4v) is 4.39. The van der Waals surface area contributed by atoms with E-state index in [1.807, 2.05) is 47.0 Å². The van der Waals surface area contributed by atoms with Gasteiger partial charge in [0.15, 0.2) is 11.0 Å². The lowest BCUT2D eigenvalue weighted by Gasteiger charge is -2.08. The number of benzene rings is 2. The first-order valence-corrected chi connectivity index (χ1v) is 11.8. The zero-order valence-electron chi connectivity index (χ0n) is 18.7. The number of carbonyl (C=O) groups excluding carboxylic acids is 1. The summed E-state index contributed by atoms with van der Waals surface area (Å²) >= 11 is 7.23. The maximum absolute atomic E-state index is 13.0. The van der Waals surface area contributed by atoms with E-state index in [9.17, 15) is 9.59 Å². The summed E-state index contributed by atoms with van der Waals surface area (Å²) in [5, 5.41) is 12.5. The van der Waals surface area contributed by atoms with Crippen LogP contribution < -0.4 is 10.9 Å². The molecule has 0 aliphatic carbocycles. The van der Waals surface area contributed by atoms with Gasteiger partial charge in [-0.05, 0) is 43.3 Å². The number of nitrogens with zero attached hydrogens (tertiary/aromatic N) is 5. The van der Waals surface area contributed by atoms with Crippen LogP contribution >= 0.6 is 23.4 Å². The van der Waals surface area contributed by atoms with E-state index in [2.05, 4.69) is 22.1 Å². The topological polar surface area (TPSA) is 86.7 Å². The fraction of sp³-hybridized carbons (Fsp3) is 0.167. The van der Waals surface area contributed by atoms with Gasteiger partial charge in [0.1, 0.15) is 5.69 Å². The molecule has 2 aromatic carbocycles. The average Bonchev–Trinajstić information content (AvgIpc) is 3.33. The molecule has 0 fully saturated rings. The van der Waals surface area contributed by atoms with E-state index in [4.69, 9.17) is 11.6 Å². The van der Waals surface area contributed by atoms with Crippen molar-refractivity contribution < 1.29 is 4.79 Å². The number of allylic oxidation sites excluding steroid dienone is 1. The van der Waals surface area contributed by atoms with E-state index in [-0.39, 0.29) is 22.9 Å². The molecule has 0 aliphatic heterocycles. The van der Waals surface area contributed by atoms with Gasteiger partial charge in [-0.1, -0.05) is 47.6 Å². The van der Waals surface area contributed by atoms with E-state index >= 15 is 0 Å². The van der Waals surface area contributed by atoms with Gasteiger partial charge in [0, 0.05) is 24.2 Å². The maximum atomic E-state index is 13.0. The average molecular weight is 495 g/mol. The molecule has 8 nitrogen and oxygen atoms in total. The Morgan fingerprint density at radius 1 is 1.15 bits per heavy atom.